The summed E-state index contributed by atoms with van der Waals surface area (Å²) in [6.45, 7) is 0. The van der Waals surface area contributed by atoms with Crippen LogP contribution in [0, 0.1) is 23.6 Å². The van der Waals surface area contributed by atoms with Crippen LogP contribution in [0.1, 0.15) is 44.4 Å². The van der Waals surface area contributed by atoms with Crippen molar-refractivity contribution in [2.24, 2.45) is 17.8 Å². The van der Waals surface area contributed by atoms with Crippen molar-refractivity contribution < 1.29 is 8.81 Å². The third-order valence-electron chi connectivity index (χ3n) is 6.30. The van der Waals surface area contributed by atoms with Crippen LogP contribution in [-0.2, 0) is 5.41 Å². The number of nitrogens with zero attached hydrogens (tertiary/aromatic N) is 2. The first-order chi connectivity index (χ1) is 12.7. The van der Waals surface area contributed by atoms with E-state index in [1.54, 1.807) is 17.8 Å². The van der Waals surface area contributed by atoms with Crippen molar-refractivity contribution in [2.45, 2.75) is 54.1 Å². The molecule has 4 aliphatic rings. The molecular weight excluding hydrogens is 367 g/mol. The molecule has 1 aromatic heterocycles. The topological polar surface area (TPSA) is 38.9 Å². The van der Waals surface area contributed by atoms with E-state index >= 15 is 0 Å². The van der Waals surface area contributed by atoms with Gasteiger partial charge in [-0.15, -0.1) is 22.0 Å². The molecule has 0 amide bonds. The second kappa shape index (κ2) is 6.86. The van der Waals surface area contributed by atoms with Crippen LogP contribution in [0.25, 0.3) is 0 Å². The summed E-state index contributed by atoms with van der Waals surface area (Å²) in [4.78, 5) is 0.702. The Morgan fingerprint density at radius 2 is 1.62 bits per heavy atom. The van der Waals surface area contributed by atoms with Gasteiger partial charge >= 0.3 is 0 Å². The van der Waals surface area contributed by atoms with E-state index in [9.17, 15) is 4.39 Å². The van der Waals surface area contributed by atoms with Crippen molar-refractivity contribution in [2.75, 3.05) is 11.5 Å². The van der Waals surface area contributed by atoms with E-state index in [0.29, 0.717) is 10.1 Å². The SMILES string of the molecule is Fc1ccccc1SCCSc1nnc(C23CC4CC(CC(C4)C2)C3)o1. The molecule has 0 atom stereocenters. The number of thioether (sulfide) groups is 2. The Kier molecular flexibility index (Phi) is 4.52. The van der Waals surface area contributed by atoms with Crippen molar-refractivity contribution in [3.8, 4) is 0 Å². The minimum atomic E-state index is -0.149. The molecule has 6 heteroatoms. The zero-order valence-electron chi connectivity index (χ0n) is 14.7. The lowest BCUT2D eigenvalue weighted by atomic mass is 9.49. The normalized spacial score (nSPS) is 32.3. The zero-order valence-corrected chi connectivity index (χ0v) is 16.3. The fraction of sp³-hybridized carbons (Fsp3) is 0.600. The number of hydrogen-bond acceptors (Lipinski definition) is 5. The van der Waals surface area contributed by atoms with Gasteiger partial charge in [-0.2, -0.15) is 0 Å². The van der Waals surface area contributed by atoms with Crippen molar-refractivity contribution in [1.29, 1.82) is 0 Å². The first kappa shape index (κ1) is 17.1. The predicted molar refractivity (Wildman–Crippen MR) is 102 cm³/mol. The number of benzene rings is 1. The van der Waals surface area contributed by atoms with Crippen LogP contribution in [0.15, 0.2) is 38.8 Å². The first-order valence-corrected chi connectivity index (χ1v) is 11.5. The summed E-state index contributed by atoms with van der Waals surface area (Å²) in [5, 5.41) is 9.42. The molecule has 4 fully saturated rings. The predicted octanol–water partition coefficient (Wildman–Crippen LogP) is 5.56. The zero-order chi connectivity index (χ0) is 17.6. The molecule has 1 aromatic carbocycles. The Morgan fingerprint density at radius 1 is 0.962 bits per heavy atom. The quantitative estimate of drug-likeness (QED) is 0.477. The molecule has 6 rings (SSSR count). The maximum atomic E-state index is 13.6. The molecule has 4 aliphatic carbocycles. The molecule has 0 saturated heterocycles. The number of aromatic nitrogens is 2. The minimum Gasteiger partial charge on any atom is -0.415 e. The van der Waals surface area contributed by atoms with Gasteiger partial charge in [-0.25, -0.2) is 4.39 Å². The van der Waals surface area contributed by atoms with Gasteiger partial charge in [-0.3, -0.25) is 0 Å². The lowest BCUT2D eigenvalue weighted by Crippen LogP contribution is -2.48. The van der Waals surface area contributed by atoms with Gasteiger partial charge in [0.2, 0.25) is 5.89 Å². The van der Waals surface area contributed by atoms with Gasteiger partial charge in [0.05, 0.1) is 0 Å². The number of hydrogen-bond donors (Lipinski definition) is 0. The fourth-order valence-electron chi connectivity index (χ4n) is 5.70. The van der Waals surface area contributed by atoms with E-state index in [0.717, 1.165) is 35.2 Å². The molecule has 1 heterocycles. The van der Waals surface area contributed by atoms with Gasteiger partial charge in [-0.05, 0) is 68.4 Å². The Labute approximate surface area is 161 Å². The van der Waals surface area contributed by atoms with Gasteiger partial charge < -0.3 is 4.42 Å². The van der Waals surface area contributed by atoms with Crippen LogP contribution in [0.5, 0.6) is 0 Å². The smallest absolute Gasteiger partial charge is 0.276 e. The summed E-state index contributed by atoms with van der Waals surface area (Å²) >= 11 is 3.12. The lowest BCUT2D eigenvalue weighted by Gasteiger charge is -2.55. The summed E-state index contributed by atoms with van der Waals surface area (Å²) < 4.78 is 19.7. The molecule has 0 N–H and O–H groups in total. The average Bonchev–Trinajstić information content (AvgIpc) is 3.09. The Balaban J connectivity index is 1.19. The maximum Gasteiger partial charge on any atom is 0.276 e. The standard InChI is InChI=1S/C20H23FN2OS2/c21-16-3-1-2-4-17(16)25-5-6-26-19-23-22-18(24-19)20-10-13-7-14(11-20)9-15(8-13)12-20/h1-4,13-15H,5-12H2. The average molecular weight is 391 g/mol. The van der Waals surface area contributed by atoms with Crippen LogP contribution in [0.2, 0.25) is 0 Å². The summed E-state index contributed by atoms with van der Waals surface area (Å²) in [5.41, 5.74) is 0.169. The van der Waals surface area contributed by atoms with Crippen molar-refractivity contribution in [1.82, 2.24) is 10.2 Å². The highest BCUT2D eigenvalue weighted by atomic mass is 32.2. The molecular formula is C20H23FN2OS2. The summed E-state index contributed by atoms with van der Waals surface area (Å²) in [5.74, 6) is 5.02. The van der Waals surface area contributed by atoms with Gasteiger partial charge in [-0.1, -0.05) is 23.9 Å². The van der Waals surface area contributed by atoms with E-state index in [1.807, 2.05) is 12.1 Å². The summed E-state index contributed by atoms with van der Waals surface area (Å²) in [6, 6.07) is 6.92. The van der Waals surface area contributed by atoms with E-state index < -0.39 is 0 Å². The molecule has 0 unspecified atom stereocenters. The van der Waals surface area contributed by atoms with Crippen LogP contribution < -0.4 is 0 Å². The molecule has 26 heavy (non-hydrogen) atoms. The third-order valence-corrected chi connectivity index (χ3v) is 8.43. The number of rotatable bonds is 6. The second-order valence-corrected chi connectivity index (χ2v) is 10.4. The van der Waals surface area contributed by atoms with Gasteiger partial charge in [0, 0.05) is 21.8 Å². The molecule has 0 aliphatic heterocycles. The van der Waals surface area contributed by atoms with Gasteiger partial charge in [0.15, 0.2) is 0 Å². The molecule has 3 nitrogen and oxygen atoms in total. The van der Waals surface area contributed by atoms with Crippen molar-refractivity contribution in [3.63, 3.8) is 0 Å². The molecule has 0 radical (unpaired) electrons. The molecule has 138 valence electrons. The van der Waals surface area contributed by atoms with Crippen molar-refractivity contribution >= 4 is 23.5 Å². The summed E-state index contributed by atoms with van der Waals surface area (Å²) in [7, 11) is 0. The molecule has 0 spiro atoms. The van der Waals surface area contributed by atoms with Crippen LogP contribution in [-0.4, -0.2) is 21.7 Å². The maximum absolute atomic E-state index is 13.6. The molecule has 4 bridgehead atoms. The van der Waals surface area contributed by atoms with E-state index in [-0.39, 0.29) is 11.2 Å². The minimum absolute atomic E-state index is 0.149. The van der Waals surface area contributed by atoms with Crippen LogP contribution >= 0.6 is 23.5 Å². The first-order valence-electron chi connectivity index (χ1n) is 9.54. The highest BCUT2D eigenvalue weighted by molar-refractivity contribution is 8.02. The van der Waals surface area contributed by atoms with Crippen LogP contribution in [0.3, 0.4) is 0 Å². The van der Waals surface area contributed by atoms with Crippen LogP contribution in [0.4, 0.5) is 4.39 Å². The van der Waals surface area contributed by atoms with Crippen molar-refractivity contribution in [3.05, 3.63) is 36.0 Å². The van der Waals surface area contributed by atoms with Gasteiger partial charge in [0.25, 0.3) is 5.22 Å². The van der Waals surface area contributed by atoms with E-state index in [2.05, 4.69) is 10.2 Å². The largest absolute Gasteiger partial charge is 0.415 e. The fourth-order valence-corrected chi connectivity index (χ4v) is 7.38. The van der Waals surface area contributed by atoms with E-state index in [4.69, 9.17) is 4.42 Å². The number of halogens is 1. The molecule has 2 aromatic rings. The third kappa shape index (κ3) is 3.19. The highest BCUT2D eigenvalue weighted by Crippen LogP contribution is 2.60. The Bertz CT molecular complexity index is 758. The Hall–Kier alpha value is -1.01. The molecule has 4 saturated carbocycles. The monoisotopic (exact) mass is 390 g/mol. The Morgan fingerprint density at radius 3 is 2.31 bits per heavy atom. The van der Waals surface area contributed by atoms with E-state index in [1.165, 1.54) is 56.4 Å². The summed E-state index contributed by atoms with van der Waals surface area (Å²) in [6.07, 6.45) is 7.99. The van der Waals surface area contributed by atoms with Gasteiger partial charge in [0.1, 0.15) is 5.82 Å². The lowest BCUT2D eigenvalue weighted by molar-refractivity contribution is -0.0191. The second-order valence-electron chi connectivity index (χ2n) is 8.20. The highest BCUT2D eigenvalue weighted by Gasteiger charge is 2.54.